The Labute approximate surface area is 224 Å². The molecular formula is C31H35ClN2O3. The standard InChI is InChI=1S/C31H35ClN2O3/c1-3-30-28(6-4-16-33-30)27(29-20-26(13-8-22(29)2)37-21-31(35)36)7-5-17-34-18-14-24(15-19-34)23-9-11-25(32)12-10-23/h4,6-13,16,20,24H,3,5,14-15,17-19,21H2,1-2H3,(H,35,36). The number of benzene rings is 2. The number of rotatable bonds is 10. The SMILES string of the molecule is CCc1ncccc1C(=CCCN1CCC(c2ccc(Cl)cc2)CC1)c1cc(OCC(=O)O)ccc1C. The average molecular weight is 519 g/mol. The fourth-order valence-electron chi connectivity index (χ4n) is 5.07. The summed E-state index contributed by atoms with van der Waals surface area (Å²) in [5.74, 6) is 0.164. The molecule has 1 fully saturated rings. The Morgan fingerprint density at radius 1 is 1.14 bits per heavy atom. The maximum absolute atomic E-state index is 11.0. The minimum absolute atomic E-state index is 0.360. The lowest BCUT2D eigenvalue weighted by Gasteiger charge is -2.32. The van der Waals surface area contributed by atoms with E-state index < -0.39 is 5.97 Å². The maximum Gasteiger partial charge on any atom is 0.341 e. The molecule has 0 radical (unpaired) electrons. The zero-order chi connectivity index (χ0) is 26.2. The predicted octanol–water partition coefficient (Wildman–Crippen LogP) is 6.77. The van der Waals surface area contributed by atoms with Crippen molar-refractivity contribution >= 4 is 23.1 Å². The summed E-state index contributed by atoms with van der Waals surface area (Å²) in [5, 5.41) is 9.82. The van der Waals surface area contributed by atoms with Gasteiger partial charge in [0.25, 0.3) is 0 Å². The molecule has 1 N–H and O–H groups in total. The molecule has 0 amide bonds. The highest BCUT2D eigenvalue weighted by molar-refractivity contribution is 6.30. The Morgan fingerprint density at radius 2 is 1.89 bits per heavy atom. The van der Waals surface area contributed by atoms with Crippen LogP contribution in [0, 0.1) is 6.92 Å². The van der Waals surface area contributed by atoms with E-state index in [0.29, 0.717) is 11.7 Å². The van der Waals surface area contributed by atoms with Gasteiger partial charge in [-0.05, 0) is 104 Å². The van der Waals surface area contributed by atoms with E-state index in [9.17, 15) is 4.79 Å². The highest BCUT2D eigenvalue weighted by Gasteiger charge is 2.20. The molecule has 0 spiro atoms. The molecule has 37 heavy (non-hydrogen) atoms. The van der Waals surface area contributed by atoms with Crippen molar-refractivity contribution in [2.24, 2.45) is 0 Å². The topological polar surface area (TPSA) is 62.7 Å². The van der Waals surface area contributed by atoms with Crippen molar-refractivity contribution in [1.82, 2.24) is 9.88 Å². The lowest BCUT2D eigenvalue weighted by atomic mass is 9.89. The Morgan fingerprint density at radius 3 is 2.59 bits per heavy atom. The van der Waals surface area contributed by atoms with Crippen LogP contribution in [0.3, 0.4) is 0 Å². The first-order valence-corrected chi connectivity index (χ1v) is 13.4. The molecule has 0 atom stereocenters. The Balaban J connectivity index is 1.50. The van der Waals surface area contributed by atoms with Crippen molar-refractivity contribution < 1.29 is 14.6 Å². The smallest absolute Gasteiger partial charge is 0.341 e. The van der Waals surface area contributed by atoms with Crippen LogP contribution >= 0.6 is 11.6 Å². The summed E-state index contributed by atoms with van der Waals surface area (Å²) < 4.78 is 5.50. The normalized spacial score (nSPS) is 15.1. The first kappa shape index (κ1) is 26.9. The molecule has 0 unspecified atom stereocenters. The van der Waals surface area contributed by atoms with Gasteiger partial charge in [0.15, 0.2) is 6.61 Å². The summed E-state index contributed by atoms with van der Waals surface area (Å²) in [4.78, 5) is 18.2. The first-order valence-electron chi connectivity index (χ1n) is 13.0. The second-order valence-corrected chi connectivity index (χ2v) is 10.0. The van der Waals surface area contributed by atoms with Gasteiger partial charge in [0.1, 0.15) is 5.75 Å². The van der Waals surface area contributed by atoms with Gasteiger partial charge in [-0.15, -0.1) is 0 Å². The van der Waals surface area contributed by atoms with Gasteiger partial charge in [-0.1, -0.05) is 48.9 Å². The largest absolute Gasteiger partial charge is 0.482 e. The van der Waals surface area contributed by atoms with Crippen molar-refractivity contribution in [1.29, 1.82) is 0 Å². The molecule has 1 aliphatic rings. The second kappa shape index (κ2) is 12.9. The number of pyridine rings is 1. The fourth-order valence-corrected chi connectivity index (χ4v) is 5.20. The van der Waals surface area contributed by atoms with E-state index in [1.54, 1.807) is 0 Å². The number of hydrogen-bond donors (Lipinski definition) is 1. The Bertz CT molecular complexity index is 1230. The summed E-state index contributed by atoms with van der Waals surface area (Å²) in [5.41, 5.74) is 6.84. The van der Waals surface area contributed by atoms with Gasteiger partial charge in [-0.3, -0.25) is 4.98 Å². The van der Waals surface area contributed by atoms with Gasteiger partial charge >= 0.3 is 5.97 Å². The summed E-state index contributed by atoms with van der Waals surface area (Å²) in [6, 6.07) is 18.2. The maximum atomic E-state index is 11.0. The van der Waals surface area contributed by atoms with Crippen molar-refractivity contribution in [3.63, 3.8) is 0 Å². The zero-order valence-corrected chi connectivity index (χ0v) is 22.4. The van der Waals surface area contributed by atoms with Crippen LogP contribution < -0.4 is 4.74 Å². The van der Waals surface area contributed by atoms with Crippen LogP contribution in [0.5, 0.6) is 5.75 Å². The number of aromatic nitrogens is 1. The summed E-state index contributed by atoms with van der Waals surface area (Å²) >= 11 is 6.06. The van der Waals surface area contributed by atoms with Crippen LogP contribution in [0.25, 0.3) is 5.57 Å². The van der Waals surface area contributed by atoms with E-state index in [2.05, 4.69) is 48.0 Å². The predicted molar refractivity (Wildman–Crippen MR) is 149 cm³/mol. The Kier molecular flexibility index (Phi) is 9.37. The van der Waals surface area contributed by atoms with Crippen LogP contribution in [0.1, 0.15) is 60.1 Å². The molecule has 2 heterocycles. The number of aryl methyl sites for hydroxylation is 2. The molecule has 1 aromatic heterocycles. The van der Waals surface area contributed by atoms with Gasteiger partial charge < -0.3 is 14.7 Å². The van der Waals surface area contributed by atoms with Crippen molar-refractivity contribution in [3.8, 4) is 5.75 Å². The third kappa shape index (κ3) is 7.21. The highest BCUT2D eigenvalue weighted by atomic mass is 35.5. The number of hydrogen-bond acceptors (Lipinski definition) is 4. The van der Waals surface area contributed by atoms with E-state index in [-0.39, 0.29) is 6.61 Å². The molecule has 0 bridgehead atoms. The molecule has 6 heteroatoms. The lowest BCUT2D eigenvalue weighted by Crippen LogP contribution is -2.33. The summed E-state index contributed by atoms with van der Waals surface area (Å²) in [6.07, 6.45) is 8.21. The van der Waals surface area contributed by atoms with Crippen molar-refractivity contribution in [3.05, 3.63) is 99.8 Å². The van der Waals surface area contributed by atoms with E-state index in [1.807, 2.05) is 42.6 Å². The van der Waals surface area contributed by atoms with Crippen molar-refractivity contribution in [2.75, 3.05) is 26.2 Å². The van der Waals surface area contributed by atoms with Crippen LogP contribution in [0.15, 0.2) is 66.9 Å². The van der Waals surface area contributed by atoms with Crippen LogP contribution in [-0.2, 0) is 11.2 Å². The Hall–Kier alpha value is -3.15. The number of piperidine rings is 1. The molecule has 194 valence electrons. The van der Waals surface area contributed by atoms with E-state index in [4.69, 9.17) is 21.4 Å². The van der Waals surface area contributed by atoms with Gasteiger partial charge in [0.2, 0.25) is 0 Å². The number of aliphatic carboxylic acids is 1. The number of halogens is 1. The molecule has 0 saturated carbocycles. The zero-order valence-electron chi connectivity index (χ0n) is 21.6. The van der Waals surface area contributed by atoms with Crippen LogP contribution in [0.2, 0.25) is 5.02 Å². The minimum Gasteiger partial charge on any atom is -0.482 e. The van der Waals surface area contributed by atoms with E-state index >= 15 is 0 Å². The number of likely N-dealkylation sites (tertiary alicyclic amines) is 1. The van der Waals surface area contributed by atoms with Gasteiger partial charge in [0, 0.05) is 29.0 Å². The third-order valence-electron chi connectivity index (χ3n) is 7.10. The first-order chi connectivity index (χ1) is 17.9. The molecule has 0 aliphatic carbocycles. The number of ether oxygens (including phenoxy) is 1. The minimum atomic E-state index is -0.988. The number of nitrogens with zero attached hydrogens (tertiary/aromatic N) is 2. The molecular weight excluding hydrogens is 484 g/mol. The number of carboxylic acids is 1. The monoisotopic (exact) mass is 518 g/mol. The molecule has 4 rings (SSSR count). The molecule has 1 saturated heterocycles. The molecule has 3 aromatic rings. The summed E-state index contributed by atoms with van der Waals surface area (Å²) in [7, 11) is 0. The van der Waals surface area contributed by atoms with Gasteiger partial charge in [0.05, 0.1) is 0 Å². The third-order valence-corrected chi connectivity index (χ3v) is 7.35. The van der Waals surface area contributed by atoms with E-state index in [0.717, 1.165) is 78.3 Å². The molecule has 2 aromatic carbocycles. The number of carbonyl (C=O) groups is 1. The lowest BCUT2D eigenvalue weighted by molar-refractivity contribution is -0.139. The quantitative estimate of drug-likeness (QED) is 0.321. The summed E-state index contributed by atoms with van der Waals surface area (Å²) in [6.45, 7) is 7.00. The average Bonchev–Trinajstić information content (AvgIpc) is 2.92. The van der Waals surface area contributed by atoms with Crippen LogP contribution in [-0.4, -0.2) is 47.2 Å². The fraction of sp³-hybridized carbons (Fsp3) is 0.355. The number of carboxylic acid groups (broad SMARTS) is 1. The second-order valence-electron chi connectivity index (χ2n) is 9.58. The van der Waals surface area contributed by atoms with Gasteiger partial charge in [-0.2, -0.15) is 0 Å². The van der Waals surface area contributed by atoms with Crippen molar-refractivity contribution in [2.45, 2.75) is 45.4 Å². The molecule has 1 aliphatic heterocycles. The highest BCUT2D eigenvalue weighted by Crippen LogP contribution is 2.32. The molecule has 5 nitrogen and oxygen atoms in total. The van der Waals surface area contributed by atoms with E-state index in [1.165, 1.54) is 5.56 Å². The van der Waals surface area contributed by atoms with Gasteiger partial charge in [-0.25, -0.2) is 4.79 Å². The van der Waals surface area contributed by atoms with Crippen LogP contribution in [0.4, 0.5) is 0 Å².